The minimum atomic E-state index is 0. The van der Waals surface area contributed by atoms with Gasteiger partial charge in [-0.1, -0.05) is 48.0 Å². The molecular weight excluding hydrogens is 303 g/mol. The number of anilines is 1. The van der Waals surface area contributed by atoms with Gasteiger partial charge in [-0.15, -0.1) is 12.4 Å². The zero-order valence-electron chi connectivity index (χ0n) is 11.9. The molecule has 0 amide bonds. The van der Waals surface area contributed by atoms with Crippen molar-refractivity contribution in [1.82, 2.24) is 5.32 Å². The van der Waals surface area contributed by atoms with Crippen LogP contribution in [0.25, 0.3) is 0 Å². The Labute approximate surface area is 137 Å². The van der Waals surface area contributed by atoms with Gasteiger partial charge >= 0.3 is 0 Å². The normalized spacial score (nSPS) is 14.6. The maximum atomic E-state index is 6.20. The highest BCUT2D eigenvalue weighted by Gasteiger charge is 2.14. The van der Waals surface area contributed by atoms with Crippen LogP contribution in [0.3, 0.4) is 0 Å². The van der Waals surface area contributed by atoms with E-state index in [1.165, 1.54) is 16.8 Å². The van der Waals surface area contributed by atoms with E-state index in [1.807, 2.05) is 6.07 Å². The molecule has 0 aliphatic carbocycles. The van der Waals surface area contributed by atoms with Crippen LogP contribution >= 0.6 is 24.0 Å². The highest BCUT2D eigenvalue weighted by atomic mass is 35.5. The van der Waals surface area contributed by atoms with Crippen LogP contribution in [0.5, 0.6) is 0 Å². The van der Waals surface area contributed by atoms with Crippen LogP contribution in [0, 0.1) is 0 Å². The summed E-state index contributed by atoms with van der Waals surface area (Å²) in [6.45, 7) is 4.17. The monoisotopic (exact) mass is 322 g/mol. The standard InChI is InChI=1S/C17H19ClN2.ClH/c18-16-7-6-15(12-14-4-2-1-3-5-14)17(13-16)20-10-8-19-9-11-20;/h1-7,13,19H,8-12H2;1H. The largest absolute Gasteiger partial charge is 0.369 e. The number of hydrogen-bond acceptors (Lipinski definition) is 2. The van der Waals surface area contributed by atoms with Gasteiger partial charge in [0, 0.05) is 36.9 Å². The Morgan fingerprint density at radius 1 is 1.00 bits per heavy atom. The molecule has 21 heavy (non-hydrogen) atoms. The summed E-state index contributed by atoms with van der Waals surface area (Å²) in [5.74, 6) is 0. The maximum Gasteiger partial charge on any atom is 0.0426 e. The van der Waals surface area contributed by atoms with Crippen LogP contribution in [-0.2, 0) is 6.42 Å². The molecule has 1 aliphatic rings. The minimum Gasteiger partial charge on any atom is -0.369 e. The molecule has 2 aromatic carbocycles. The second kappa shape index (κ2) is 7.69. The zero-order chi connectivity index (χ0) is 13.8. The van der Waals surface area contributed by atoms with Crippen molar-refractivity contribution in [3.05, 3.63) is 64.7 Å². The van der Waals surface area contributed by atoms with Crippen LogP contribution in [0.4, 0.5) is 5.69 Å². The molecule has 0 saturated carbocycles. The van der Waals surface area contributed by atoms with Gasteiger partial charge in [-0.05, 0) is 29.7 Å². The summed E-state index contributed by atoms with van der Waals surface area (Å²) in [6, 6.07) is 16.9. The molecule has 1 heterocycles. The predicted molar refractivity (Wildman–Crippen MR) is 93.0 cm³/mol. The summed E-state index contributed by atoms with van der Waals surface area (Å²) in [6.07, 6.45) is 0.956. The van der Waals surface area contributed by atoms with Crippen molar-refractivity contribution in [3.8, 4) is 0 Å². The molecule has 112 valence electrons. The maximum absolute atomic E-state index is 6.20. The third-order valence-electron chi connectivity index (χ3n) is 3.74. The Balaban J connectivity index is 0.00000161. The Hall–Kier alpha value is -1.22. The molecule has 3 rings (SSSR count). The summed E-state index contributed by atoms with van der Waals surface area (Å²) < 4.78 is 0. The third kappa shape index (κ3) is 4.13. The molecule has 1 aliphatic heterocycles. The highest BCUT2D eigenvalue weighted by molar-refractivity contribution is 6.30. The molecule has 0 spiro atoms. The Bertz CT molecular complexity index is 566. The number of hydrogen-bond donors (Lipinski definition) is 1. The van der Waals surface area contributed by atoms with Crippen molar-refractivity contribution >= 4 is 29.7 Å². The molecule has 1 saturated heterocycles. The Morgan fingerprint density at radius 3 is 2.43 bits per heavy atom. The van der Waals surface area contributed by atoms with Crippen molar-refractivity contribution < 1.29 is 0 Å². The summed E-state index contributed by atoms with van der Waals surface area (Å²) >= 11 is 6.20. The van der Waals surface area contributed by atoms with Crippen molar-refractivity contribution in [3.63, 3.8) is 0 Å². The first kappa shape index (κ1) is 16.2. The Morgan fingerprint density at radius 2 is 1.71 bits per heavy atom. The van der Waals surface area contributed by atoms with Crippen LogP contribution < -0.4 is 10.2 Å². The van der Waals surface area contributed by atoms with Crippen molar-refractivity contribution in [2.45, 2.75) is 6.42 Å². The lowest BCUT2D eigenvalue weighted by Gasteiger charge is -2.31. The van der Waals surface area contributed by atoms with Crippen LogP contribution in [0.15, 0.2) is 48.5 Å². The van der Waals surface area contributed by atoms with Crippen molar-refractivity contribution in [2.75, 3.05) is 31.1 Å². The van der Waals surface area contributed by atoms with Gasteiger partial charge < -0.3 is 10.2 Å². The van der Waals surface area contributed by atoms with Crippen LogP contribution in [-0.4, -0.2) is 26.2 Å². The second-order valence-corrected chi connectivity index (χ2v) is 5.61. The summed E-state index contributed by atoms with van der Waals surface area (Å²) in [5, 5.41) is 4.21. The first-order valence-electron chi connectivity index (χ1n) is 7.11. The fourth-order valence-electron chi connectivity index (χ4n) is 2.70. The van der Waals surface area contributed by atoms with E-state index in [9.17, 15) is 0 Å². The minimum absolute atomic E-state index is 0. The molecule has 0 unspecified atom stereocenters. The lowest BCUT2D eigenvalue weighted by Crippen LogP contribution is -2.43. The number of nitrogens with zero attached hydrogens (tertiary/aromatic N) is 1. The van der Waals surface area contributed by atoms with Gasteiger partial charge in [-0.2, -0.15) is 0 Å². The van der Waals surface area contributed by atoms with Gasteiger partial charge in [0.15, 0.2) is 0 Å². The molecule has 0 aromatic heterocycles. The lowest BCUT2D eigenvalue weighted by atomic mass is 10.0. The molecule has 0 bridgehead atoms. The fourth-order valence-corrected chi connectivity index (χ4v) is 2.87. The average Bonchev–Trinajstić information content (AvgIpc) is 2.51. The Kier molecular flexibility index (Phi) is 5.92. The van der Waals surface area contributed by atoms with E-state index in [-0.39, 0.29) is 12.4 Å². The van der Waals surface area contributed by atoms with Gasteiger partial charge in [-0.25, -0.2) is 0 Å². The first-order chi connectivity index (χ1) is 9.83. The smallest absolute Gasteiger partial charge is 0.0426 e. The molecule has 2 aromatic rings. The SMILES string of the molecule is Cl.Clc1ccc(Cc2ccccc2)c(N2CCNCC2)c1. The highest BCUT2D eigenvalue weighted by Crippen LogP contribution is 2.27. The van der Waals surface area contributed by atoms with Crippen LogP contribution in [0.2, 0.25) is 5.02 Å². The zero-order valence-corrected chi connectivity index (χ0v) is 13.5. The average molecular weight is 323 g/mol. The molecule has 1 N–H and O–H groups in total. The first-order valence-corrected chi connectivity index (χ1v) is 7.49. The van der Waals surface area contributed by atoms with Crippen LogP contribution in [0.1, 0.15) is 11.1 Å². The molecule has 1 fully saturated rings. The fraction of sp³-hybridized carbons (Fsp3) is 0.294. The molecular formula is C17H20Cl2N2. The van der Waals surface area contributed by atoms with Gasteiger partial charge in [0.25, 0.3) is 0 Å². The van der Waals surface area contributed by atoms with Crippen molar-refractivity contribution in [1.29, 1.82) is 0 Å². The van der Waals surface area contributed by atoms with E-state index in [1.54, 1.807) is 0 Å². The topological polar surface area (TPSA) is 15.3 Å². The summed E-state index contributed by atoms with van der Waals surface area (Å²) in [7, 11) is 0. The van der Waals surface area contributed by atoms with Crippen molar-refractivity contribution in [2.24, 2.45) is 0 Å². The van der Waals surface area contributed by atoms with Gasteiger partial charge in [0.05, 0.1) is 0 Å². The predicted octanol–water partition coefficient (Wildman–Crippen LogP) is 3.76. The number of rotatable bonds is 3. The third-order valence-corrected chi connectivity index (χ3v) is 3.98. The van der Waals surface area contributed by atoms with E-state index < -0.39 is 0 Å². The van der Waals surface area contributed by atoms with Gasteiger partial charge in [0.2, 0.25) is 0 Å². The second-order valence-electron chi connectivity index (χ2n) is 5.17. The number of benzene rings is 2. The van der Waals surface area contributed by atoms with E-state index in [2.05, 4.69) is 52.7 Å². The number of halogens is 2. The van der Waals surface area contributed by atoms with E-state index in [0.717, 1.165) is 37.6 Å². The summed E-state index contributed by atoms with van der Waals surface area (Å²) in [4.78, 5) is 2.43. The van der Waals surface area contributed by atoms with E-state index >= 15 is 0 Å². The molecule has 0 radical (unpaired) electrons. The number of piperazine rings is 1. The van der Waals surface area contributed by atoms with E-state index in [0.29, 0.717) is 0 Å². The molecule has 2 nitrogen and oxygen atoms in total. The van der Waals surface area contributed by atoms with E-state index in [4.69, 9.17) is 11.6 Å². The molecule has 0 atom stereocenters. The van der Waals surface area contributed by atoms with Gasteiger partial charge in [-0.3, -0.25) is 0 Å². The number of nitrogens with one attached hydrogen (secondary N) is 1. The lowest BCUT2D eigenvalue weighted by molar-refractivity contribution is 0.588. The molecule has 4 heteroatoms. The van der Waals surface area contributed by atoms with Gasteiger partial charge in [0.1, 0.15) is 0 Å². The quantitative estimate of drug-likeness (QED) is 0.925. The summed E-state index contributed by atoms with van der Waals surface area (Å²) in [5.41, 5.74) is 3.97.